The SMILES string of the molecule is Cc1ccccc1Sc1cc2c(cc1N)CCC2=O. The van der Waals surface area contributed by atoms with Crippen LogP contribution in [0.15, 0.2) is 46.2 Å². The number of benzene rings is 2. The van der Waals surface area contributed by atoms with E-state index in [1.807, 2.05) is 24.3 Å². The van der Waals surface area contributed by atoms with Crippen molar-refractivity contribution >= 4 is 23.2 Å². The molecule has 2 N–H and O–H groups in total. The van der Waals surface area contributed by atoms with Crippen LogP contribution in [0, 0.1) is 6.92 Å². The highest BCUT2D eigenvalue weighted by atomic mass is 32.2. The molecular weight excluding hydrogens is 254 g/mol. The number of rotatable bonds is 2. The highest BCUT2D eigenvalue weighted by Gasteiger charge is 2.21. The molecule has 0 atom stereocenters. The average Bonchev–Trinajstić information content (AvgIpc) is 2.74. The van der Waals surface area contributed by atoms with Gasteiger partial charge >= 0.3 is 0 Å². The van der Waals surface area contributed by atoms with Gasteiger partial charge in [0.15, 0.2) is 5.78 Å². The van der Waals surface area contributed by atoms with Gasteiger partial charge in [-0.3, -0.25) is 4.79 Å². The Labute approximate surface area is 117 Å². The van der Waals surface area contributed by atoms with Gasteiger partial charge in [-0.15, -0.1) is 0 Å². The van der Waals surface area contributed by atoms with E-state index in [9.17, 15) is 4.79 Å². The van der Waals surface area contributed by atoms with Crippen molar-refractivity contribution in [1.82, 2.24) is 0 Å². The van der Waals surface area contributed by atoms with Crippen LogP contribution in [0.1, 0.15) is 27.9 Å². The van der Waals surface area contributed by atoms with Crippen molar-refractivity contribution in [2.75, 3.05) is 5.73 Å². The van der Waals surface area contributed by atoms with E-state index in [1.165, 1.54) is 10.5 Å². The fraction of sp³-hybridized carbons (Fsp3) is 0.188. The highest BCUT2D eigenvalue weighted by molar-refractivity contribution is 7.99. The second-order valence-electron chi connectivity index (χ2n) is 4.84. The maximum Gasteiger partial charge on any atom is 0.163 e. The van der Waals surface area contributed by atoms with Gasteiger partial charge in [-0.2, -0.15) is 0 Å². The van der Waals surface area contributed by atoms with E-state index in [-0.39, 0.29) is 5.78 Å². The van der Waals surface area contributed by atoms with Crippen LogP contribution in [-0.2, 0) is 6.42 Å². The molecule has 19 heavy (non-hydrogen) atoms. The lowest BCUT2D eigenvalue weighted by Crippen LogP contribution is -1.96. The van der Waals surface area contributed by atoms with E-state index < -0.39 is 0 Å². The van der Waals surface area contributed by atoms with Crippen LogP contribution in [-0.4, -0.2) is 5.78 Å². The summed E-state index contributed by atoms with van der Waals surface area (Å²) in [7, 11) is 0. The summed E-state index contributed by atoms with van der Waals surface area (Å²) in [5.74, 6) is 0.238. The van der Waals surface area contributed by atoms with Crippen molar-refractivity contribution in [3.05, 3.63) is 53.1 Å². The molecule has 1 aliphatic carbocycles. The van der Waals surface area contributed by atoms with Gasteiger partial charge in [-0.1, -0.05) is 30.0 Å². The first-order chi connectivity index (χ1) is 9.15. The molecule has 0 saturated heterocycles. The Kier molecular flexibility index (Phi) is 3.07. The minimum absolute atomic E-state index is 0.238. The number of anilines is 1. The third-order valence-electron chi connectivity index (χ3n) is 3.47. The molecule has 2 nitrogen and oxygen atoms in total. The quantitative estimate of drug-likeness (QED) is 0.842. The lowest BCUT2D eigenvalue weighted by atomic mass is 10.1. The second kappa shape index (κ2) is 4.74. The number of hydrogen-bond acceptors (Lipinski definition) is 3. The molecule has 0 aromatic heterocycles. The molecule has 3 rings (SSSR count). The van der Waals surface area contributed by atoms with Gasteiger partial charge in [0.05, 0.1) is 0 Å². The first-order valence-corrected chi connectivity index (χ1v) is 7.16. The average molecular weight is 269 g/mol. The Hall–Kier alpha value is -1.74. The molecule has 2 aromatic carbocycles. The zero-order valence-electron chi connectivity index (χ0n) is 10.8. The molecule has 96 valence electrons. The number of nitrogens with two attached hydrogens (primary N) is 1. The van der Waals surface area contributed by atoms with Crippen LogP contribution in [0.5, 0.6) is 0 Å². The summed E-state index contributed by atoms with van der Waals surface area (Å²) in [5.41, 5.74) is 10.0. The van der Waals surface area contributed by atoms with E-state index in [2.05, 4.69) is 19.1 Å². The number of carbonyl (C=O) groups excluding carboxylic acids is 1. The van der Waals surface area contributed by atoms with Crippen molar-refractivity contribution in [2.24, 2.45) is 0 Å². The summed E-state index contributed by atoms with van der Waals surface area (Å²) in [6.45, 7) is 2.08. The number of fused-ring (bicyclic) bond motifs is 1. The van der Waals surface area contributed by atoms with E-state index in [4.69, 9.17) is 5.73 Å². The smallest absolute Gasteiger partial charge is 0.163 e. The zero-order valence-corrected chi connectivity index (χ0v) is 11.6. The Balaban J connectivity index is 2.00. The minimum Gasteiger partial charge on any atom is -0.398 e. The van der Waals surface area contributed by atoms with E-state index >= 15 is 0 Å². The number of aryl methyl sites for hydroxylation is 2. The van der Waals surface area contributed by atoms with Gasteiger partial charge in [-0.05, 0) is 42.7 Å². The Morgan fingerprint density at radius 1 is 1.11 bits per heavy atom. The molecule has 1 aliphatic rings. The van der Waals surface area contributed by atoms with Gasteiger partial charge in [-0.25, -0.2) is 0 Å². The number of ketones is 1. The van der Waals surface area contributed by atoms with E-state index in [0.29, 0.717) is 6.42 Å². The van der Waals surface area contributed by atoms with Crippen LogP contribution in [0.2, 0.25) is 0 Å². The summed E-state index contributed by atoms with van der Waals surface area (Å²) >= 11 is 1.63. The zero-order chi connectivity index (χ0) is 13.4. The van der Waals surface area contributed by atoms with E-state index in [0.717, 1.165) is 28.1 Å². The topological polar surface area (TPSA) is 43.1 Å². The summed E-state index contributed by atoms with van der Waals surface area (Å²) in [5, 5.41) is 0. The molecule has 0 amide bonds. The molecule has 2 aromatic rings. The summed E-state index contributed by atoms with van der Waals surface area (Å²) in [4.78, 5) is 14.0. The van der Waals surface area contributed by atoms with Gasteiger partial charge in [0, 0.05) is 27.5 Å². The molecule has 0 radical (unpaired) electrons. The summed E-state index contributed by atoms with van der Waals surface area (Å²) in [6, 6.07) is 12.1. The Morgan fingerprint density at radius 3 is 2.68 bits per heavy atom. The van der Waals surface area contributed by atoms with Crippen molar-refractivity contribution in [3.8, 4) is 0 Å². The molecule has 0 unspecified atom stereocenters. The molecule has 0 heterocycles. The van der Waals surface area contributed by atoms with Gasteiger partial charge in [0.25, 0.3) is 0 Å². The molecule has 0 spiro atoms. The number of nitrogen functional groups attached to an aromatic ring is 1. The summed E-state index contributed by atoms with van der Waals surface area (Å²) in [6.07, 6.45) is 1.45. The van der Waals surface area contributed by atoms with Crippen LogP contribution in [0.4, 0.5) is 5.69 Å². The number of Topliss-reactive ketones (excluding diaryl/α,β-unsaturated/α-hetero) is 1. The normalized spacial score (nSPS) is 13.6. The lowest BCUT2D eigenvalue weighted by Gasteiger charge is -2.10. The third kappa shape index (κ3) is 2.26. The molecule has 0 saturated carbocycles. The maximum atomic E-state index is 11.8. The molecule has 0 aliphatic heterocycles. The van der Waals surface area contributed by atoms with Crippen LogP contribution in [0.25, 0.3) is 0 Å². The molecule has 3 heteroatoms. The first-order valence-electron chi connectivity index (χ1n) is 6.34. The fourth-order valence-corrected chi connectivity index (χ4v) is 3.34. The Bertz CT molecular complexity index is 664. The monoisotopic (exact) mass is 269 g/mol. The lowest BCUT2D eigenvalue weighted by molar-refractivity contribution is 0.0994. The van der Waals surface area contributed by atoms with Crippen molar-refractivity contribution in [1.29, 1.82) is 0 Å². The van der Waals surface area contributed by atoms with Crippen molar-refractivity contribution in [2.45, 2.75) is 29.6 Å². The molecular formula is C16H15NOS. The number of carbonyl (C=O) groups is 1. The third-order valence-corrected chi connectivity index (χ3v) is 4.72. The van der Waals surface area contributed by atoms with Crippen LogP contribution in [0.3, 0.4) is 0 Å². The van der Waals surface area contributed by atoms with Crippen molar-refractivity contribution in [3.63, 3.8) is 0 Å². The maximum absolute atomic E-state index is 11.8. The van der Waals surface area contributed by atoms with Crippen LogP contribution < -0.4 is 5.73 Å². The van der Waals surface area contributed by atoms with Gasteiger partial charge in [0.1, 0.15) is 0 Å². The minimum atomic E-state index is 0.238. The second-order valence-corrected chi connectivity index (χ2v) is 5.92. The van der Waals surface area contributed by atoms with E-state index in [1.54, 1.807) is 11.8 Å². The first kappa shape index (κ1) is 12.3. The van der Waals surface area contributed by atoms with Gasteiger partial charge < -0.3 is 5.73 Å². The summed E-state index contributed by atoms with van der Waals surface area (Å²) < 4.78 is 0. The largest absolute Gasteiger partial charge is 0.398 e. The standard InChI is InChI=1S/C16H15NOS/c1-10-4-2-3-5-15(10)19-16-9-12-11(8-13(16)17)6-7-14(12)18/h2-5,8-9H,6-7,17H2,1H3. The van der Waals surface area contributed by atoms with Gasteiger partial charge in [0.2, 0.25) is 0 Å². The van der Waals surface area contributed by atoms with Crippen LogP contribution >= 0.6 is 11.8 Å². The molecule has 0 fully saturated rings. The molecule has 0 bridgehead atoms. The van der Waals surface area contributed by atoms with Crippen molar-refractivity contribution < 1.29 is 4.79 Å². The highest BCUT2D eigenvalue weighted by Crippen LogP contribution is 2.37. The predicted octanol–water partition coefficient (Wildman–Crippen LogP) is 3.86. The predicted molar refractivity (Wildman–Crippen MR) is 78.8 cm³/mol. The number of hydrogen-bond donors (Lipinski definition) is 1. The Morgan fingerprint density at radius 2 is 1.89 bits per heavy atom. The fourth-order valence-electron chi connectivity index (χ4n) is 2.37.